The average molecular weight is 838 g/mol. The minimum Gasteiger partial charge on any atom is -0.394 e. The highest BCUT2D eigenvalue weighted by Gasteiger charge is 2.58. The van der Waals surface area contributed by atoms with Crippen molar-refractivity contribution in [3.05, 3.63) is 0 Å². The maximum absolute atomic E-state index is 12.8. The summed E-state index contributed by atoms with van der Waals surface area (Å²) in [7, 11) is 0. The smallest absolute Gasteiger partial charge is 0.217 e. The second-order valence-electron chi connectivity index (χ2n) is 14.7. The third-order valence-electron chi connectivity index (χ3n) is 10.6. The lowest BCUT2D eigenvalue weighted by Gasteiger charge is -2.52. The van der Waals surface area contributed by atoms with Gasteiger partial charge in [0.1, 0.15) is 110 Å². The Kier molecular flexibility index (Phi) is 16.0. The van der Waals surface area contributed by atoms with Crippen LogP contribution >= 0.6 is 0 Å². The minimum absolute atomic E-state index is 0.823. The molecular formula is C32H55NO24. The molecule has 5 rings (SSSR count). The van der Waals surface area contributed by atoms with E-state index in [0.717, 1.165) is 6.92 Å². The Labute approximate surface area is 324 Å². The Morgan fingerprint density at radius 2 is 0.912 bits per heavy atom. The van der Waals surface area contributed by atoms with Crippen molar-refractivity contribution in [3.63, 3.8) is 0 Å². The molecule has 5 fully saturated rings. The largest absolute Gasteiger partial charge is 0.394 e. The Morgan fingerprint density at radius 3 is 1.42 bits per heavy atom. The molecule has 5 heterocycles. The van der Waals surface area contributed by atoms with E-state index in [1.165, 1.54) is 13.8 Å². The monoisotopic (exact) mass is 837 g/mol. The molecule has 12 unspecified atom stereocenters. The molecular weight excluding hydrogens is 782 g/mol. The van der Waals surface area contributed by atoms with Crippen molar-refractivity contribution in [2.75, 3.05) is 19.8 Å². The lowest BCUT2D eigenvalue weighted by atomic mass is 9.93. The van der Waals surface area contributed by atoms with Gasteiger partial charge in [0.05, 0.1) is 32.0 Å². The fraction of sp³-hybridized carbons (Fsp3) is 0.969. The zero-order valence-electron chi connectivity index (χ0n) is 30.9. The molecule has 5 aliphatic rings. The topological polar surface area (TPSA) is 395 Å². The van der Waals surface area contributed by atoms with Crippen LogP contribution in [0.2, 0.25) is 0 Å². The van der Waals surface area contributed by atoms with Crippen molar-refractivity contribution in [1.82, 2.24) is 5.32 Å². The van der Waals surface area contributed by atoms with Gasteiger partial charge in [0.15, 0.2) is 31.5 Å². The zero-order chi connectivity index (χ0) is 42.2. The van der Waals surface area contributed by atoms with E-state index in [9.17, 15) is 76.3 Å². The molecule has 25 nitrogen and oxygen atoms in total. The molecule has 15 N–H and O–H groups in total. The number of ether oxygens (including phenoxy) is 9. The summed E-state index contributed by atoms with van der Waals surface area (Å²) in [6.45, 7) is 0.922. The van der Waals surface area contributed by atoms with Crippen LogP contribution in [0.4, 0.5) is 0 Å². The number of carbonyl (C=O) groups is 1. The predicted octanol–water partition coefficient (Wildman–Crippen LogP) is -9.73. The number of carbonyl (C=O) groups excluding carboxylic acids is 1. The molecule has 0 aliphatic carbocycles. The van der Waals surface area contributed by atoms with E-state index in [2.05, 4.69) is 5.32 Å². The Bertz CT molecular complexity index is 1290. The number of nitrogens with one attached hydrogen (secondary N) is 1. The molecule has 0 saturated carbocycles. The van der Waals surface area contributed by atoms with Crippen LogP contribution in [-0.4, -0.2) is 251 Å². The summed E-state index contributed by atoms with van der Waals surface area (Å²) in [6.07, 6.45) is -42.6. The van der Waals surface area contributed by atoms with Crippen molar-refractivity contribution >= 4 is 5.91 Å². The summed E-state index contributed by atoms with van der Waals surface area (Å²) in [6, 6.07) is -1.73. The van der Waals surface area contributed by atoms with Crippen LogP contribution in [0.5, 0.6) is 0 Å². The van der Waals surface area contributed by atoms with Gasteiger partial charge in [0.2, 0.25) is 5.91 Å². The molecule has 332 valence electrons. The average Bonchev–Trinajstić information content (AvgIpc) is 3.18. The molecule has 0 bridgehead atoms. The highest BCUT2D eigenvalue weighted by molar-refractivity contribution is 5.73. The SMILES string of the molecule is CC(=O)NC1[C@@H](OC2[C@H](O)C(O)OC(CO)[C@@H]2O)OC(CO)[C@H](O[C@@H]2OC(C)[C@@H](O)[C@H](O)C2O)[C@@H]1O[C@@H]1OC(CO)[C@H](O)C(O)C1O[C@@H]1OC(C)[C@@H](O)C(O)[C@@H]1O. The first-order valence-corrected chi connectivity index (χ1v) is 18.3. The highest BCUT2D eigenvalue weighted by Crippen LogP contribution is 2.37. The maximum atomic E-state index is 12.8. The van der Waals surface area contributed by atoms with Crippen molar-refractivity contribution in [2.24, 2.45) is 0 Å². The van der Waals surface area contributed by atoms with Crippen LogP contribution in [0.3, 0.4) is 0 Å². The minimum atomic E-state index is -2.04. The lowest BCUT2D eigenvalue weighted by molar-refractivity contribution is -0.397. The van der Waals surface area contributed by atoms with Crippen molar-refractivity contribution < 1.29 is 119 Å². The molecule has 0 spiro atoms. The molecule has 0 aromatic carbocycles. The summed E-state index contributed by atoms with van der Waals surface area (Å²) >= 11 is 0. The van der Waals surface area contributed by atoms with Gasteiger partial charge in [-0.1, -0.05) is 0 Å². The fourth-order valence-corrected chi connectivity index (χ4v) is 7.29. The van der Waals surface area contributed by atoms with E-state index in [-0.39, 0.29) is 0 Å². The Morgan fingerprint density at radius 1 is 0.456 bits per heavy atom. The molecule has 25 heteroatoms. The van der Waals surface area contributed by atoms with E-state index < -0.39 is 179 Å². The van der Waals surface area contributed by atoms with Crippen LogP contribution in [-0.2, 0) is 47.4 Å². The van der Waals surface area contributed by atoms with Crippen molar-refractivity contribution in [1.29, 1.82) is 0 Å². The van der Waals surface area contributed by atoms with Gasteiger partial charge in [-0.2, -0.15) is 0 Å². The molecule has 5 aliphatic heterocycles. The van der Waals surface area contributed by atoms with E-state index in [1.807, 2.05) is 0 Å². The van der Waals surface area contributed by atoms with Crippen LogP contribution in [0.15, 0.2) is 0 Å². The second kappa shape index (κ2) is 19.5. The van der Waals surface area contributed by atoms with Gasteiger partial charge in [-0.3, -0.25) is 4.79 Å². The van der Waals surface area contributed by atoms with E-state index in [0.29, 0.717) is 0 Å². The van der Waals surface area contributed by atoms with Gasteiger partial charge in [-0.15, -0.1) is 0 Å². The number of rotatable bonds is 12. The first kappa shape index (κ1) is 46.6. The zero-order valence-corrected chi connectivity index (χ0v) is 30.9. The molecule has 1 amide bonds. The van der Waals surface area contributed by atoms with Gasteiger partial charge in [-0.25, -0.2) is 0 Å². The Balaban J connectivity index is 1.56. The van der Waals surface area contributed by atoms with Crippen LogP contribution in [0.25, 0.3) is 0 Å². The summed E-state index contributed by atoms with van der Waals surface area (Å²) in [4.78, 5) is 12.8. The van der Waals surface area contributed by atoms with Crippen LogP contribution in [0.1, 0.15) is 20.8 Å². The first-order valence-electron chi connectivity index (χ1n) is 18.3. The van der Waals surface area contributed by atoms with Gasteiger partial charge in [-0.05, 0) is 13.8 Å². The van der Waals surface area contributed by atoms with Gasteiger partial charge in [0, 0.05) is 6.92 Å². The summed E-state index contributed by atoms with van der Waals surface area (Å²) < 4.78 is 51.9. The van der Waals surface area contributed by atoms with Gasteiger partial charge < -0.3 is 119 Å². The van der Waals surface area contributed by atoms with Gasteiger partial charge in [0.25, 0.3) is 0 Å². The molecule has 25 atom stereocenters. The number of hydrogen-bond acceptors (Lipinski definition) is 24. The third-order valence-corrected chi connectivity index (χ3v) is 10.6. The maximum Gasteiger partial charge on any atom is 0.217 e. The summed E-state index contributed by atoms with van der Waals surface area (Å²) in [5.41, 5.74) is 0. The normalized spacial score (nSPS) is 52.3. The summed E-state index contributed by atoms with van der Waals surface area (Å²) in [5.74, 6) is -0.823. The molecule has 5 saturated heterocycles. The lowest BCUT2D eigenvalue weighted by Crippen LogP contribution is -2.71. The molecule has 0 aromatic heterocycles. The number of aliphatic hydroxyl groups is 14. The van der Waals surface area contributed by atoms with Crippen LogP contribution in [0, 0.1) is 0 Å². The highest BCUT2D eigenvalue weighted by atomic mass is 16.8. The van der Waals surface area contributed by atoms with E-state index in [1.54, 1.807) is 0 Å². The first-order chi connectivity index (χ1) is 26.8. The number of aliphatic hydroxyl groups excluding tert-OH is 14. The summed E-state index contributed by atoms with van der Waals surface area (Å²) in [5, 5.41) is 150. The van der Waals surface area contributed by atoms with Crippen molar-refractivity contribution in [3.8, 4) is 0 Å². The molecule has 0 radical (unpaired) electrons. The Hall–Kier alpha value is -1.45. The van der Waals surface area contributed by atoms with Crippen LogP contribution < -0.4 is 5.32 Å². The molecule has 57 heavy (non-hydrogen) atoms. The third kappa shape index (κ3) is 9.71. The van der Waals surface area contributed by atoms with E-state index in [4.69, 9.17) is 42.6 Å². The van der Waals surface area contributed by atoms with Gasteiger partial charge >= 0.3 is 0 Å². The quantitative estimate of drug-likeness (QED) is 0.0867. The molecule has 0 aromatic rings. The van der Waals surface area contributed by atoms with E-state index >= 15 is 0 Å². The number of hydrogen-bond donors (Lipinski definition) is 15. The predicted molar refractivity (Wildman–Crippen MR) is 175 cm³/mol. The standard InChI is InChI=1S/C32H55NO24/c1-7-14(38)18(42)21(45)30(49-7)54-24-12(6-36)53-29(56-26-17(41)11(5-35)51-28(48)23(26)47)13(33-9(3)37)25(24)55-32-27(20(44)16(40)10(4-34)52-32)57-31-22(46)19(43)15(39)8(2)50-31/h7-8,10-32,34-36,38-48H,4-6H2,1-3H3,(H,33,37)/t7?,8?,10?,11?,12?,13?,14-,15-,16+,17+,18+,19?,20?,21?,22+,23+,24+,25-,26?,27?,28?,29-,30+,31+,32+/m1/s1. The fourth-order valence-electron chi connectivity index (χ4n) is 7.29. The second-order valence-corrected chi connectivity index (χ2v) is 14.7. The number of amides is 1. The van der Waals surface area contributed by atoms with Crippen molar-refractivity contribution in [2.45, 2.75) is 174 Å².